The van der Waals surface area contributed by atoms with Gasteiger partial charge in [-0.15, -0.1) is 11.3 Å². The lowest BCUT2D eigenvalue weighted by Crippen LogP contribution is -2.09. The summed E-state index contributed by atoms with van der Waals surface area (Å²) in [6.45, 7) is 0. The number of furan rings is 2. The van der Waals surface area contributed by atoms with Gasteiger partial charge in [-0.2, -0.15) is 0 Å². The largest absolute Gasteiger partial charge is 0.456 e. The smallest absolute Gasteiger partial charge is 0.137 e. The van der Waals surface area contributed by atoms with Crippen molar-refractivity contribution in [2.75, 3.05) is 4.90 Å². The first-order chi connectivity index (χ1) is 24.8. The summed E-state index contributed by atoms with van der Waals surface area (Å²) in [5.41, 5.74) is 9.02. The van der Waals surface area contributed by atoms with Crippen molar-refractivity contribution in [1.29, 1.82) is 0 Å². The van der Waals surface area contributed by atoms with Crippen molar-refractivity contribution in [2.24, 2.45) is 0 Å². The lowest BCUT2D eigenvalue weighted by molar-refractivity contribution is 0.669. The Kier molecular flexibility index (Phi) is 5.83. The molecule has 0 radical (unpaired) electrons. The van der Waals surface area contributed by atoms with E-state index in [1.165, 1.54) is 42.1 Å². The van der Waals surface area contributed by atoms with Crippen LogP contribution in [-0.2, 0) is 0 Å². The van der Waals surface area contributed by atoms with Crippen LogP contribution in [0.15, 0.2) is 173 Å². The summed E-state index contributed by atoms with van der Waals surface area (Å²) in [5.74, 6) is 0. The highest BCUT2D eigenvalue weighted by atomic mass is 32.1. The van der Waals surface area contributed by atoms with Gasteiger partial charge in [0, 0.05) is 70.9 Å². The van der Waals surface area contributed by atoms with Crippen LogP contribution in [-0.4, -0.2) is 0 Å². The van der Waals surface area contributed by atoms with E-state index in [1.807, 2.05) is 35.6 Å². The van der Waals surface area contributed by atoms with Gasteiger partial charge in [0.15, 0.2) is 0 Å². The van der Waals surface area contributed by atoms with Crippen LogP contribution in [0, 0.1) is 0 Å². The number of benzene rings is 8. The number of thiophene rings is 1. The third-order valence-corrected chi connectivity index (χ3v) is 11.4. The van der Waals surface area contributed by atoms with Gasteiger partial charge in [0.1, 0.15) is 22.3 Å². The molecule has 0 fully saturated rings. The molecule has 8 aromatic carbocycles. The third-order valence-electron chi connectivity index (χ3n) is 10.1. The summed E-state index contributed by atoms with van der Waals surface area (Å²) in [6, 6.07) is 58.3. The molecule has 0 aliphatic carbocycles. The first-order valence-electron chi connectivity index (χ1n) is 16.8. The number of nitrogens with zero attached hydrogens (tertiary/aromatic N) is 1. The normalized spacial score (nSPS) is 12.0. The molecule has 11 aromatic rings. The molecular weight excluding hydrogens is 631 g/mol. The number of fused-ring (bicyclic) bond motifs is 11. The Morgan fingerprint density at radius 3 is 1.56 bits per heavy atom. The first kappa shape index (κ1) is 27.6. The maximum Gasteiger partial charge on any atom is 0.137 e. The van der Waals surface area contributed by atoms with Crippen LogP contribution in [0.1, 0.15) is 0 Å². The second-order valence-corrected chi connectivity index (χ2v) is 13.9. The summed E-state index contributed by atoms with van der Waals surface area (Å²) < 4.78 is 15.4. The summed E-state index contributed by atoms with van der Waals surface area (Å²) in [7, 11) is 0. The van der Waals surface area contributed by atoms with Crippen molar-refractivity contribution >= 4 is 103 Å². The van der Waals surface area contributed by atoms with Crippen molar-refractivity contribution in [3.63, 3.8) is 0 Å². The van der Waals surface area contributed by atoms with Crippen LogP contribution >= 0.6 is 11.3 Å². The second kappa shape index (κ2) is 10.6. The molecule has 0 atom stereocenters. The zero-order chi connectivity index (χ0) is 32.8. The highest BCUT2D eigenvalue weighted by Crippen LogP contribution is 2.45. The van der Waals surface area contributed by atoms with E-state index in [0.717, 1.165) is 60.9 Å². The van der Waals surface area contributed by atoms with Crippen LogP contribution in [0.25, 0.3) is 85.9 Å². The predicted molar refractivity (Wildman–Crippen MR) is 212 cm³/mol. The first-order valence-corrected chi connectivity index (χ1v) is 17.6. The zero-order valence-corrected chi connectivity index (χ0v) is 27.6. The summed E-state index contributed by atoms with van der Waals surface area (Å²) in [5, 5.41) is 9.67. The molecule has 0 unspecified atom stereocenters. The maximum absolute atomic E-state index is 6.35. The van der Waals surface area contributed by atoms with E-state index < -0.39 is 0 Å². The van der Waals surface area contributed by atoms with Gasteiger partial charge in [0.2, 0.25) is 0 Å². The molecule has 0 spiro atoms. The molecule has 3 nitrogen and oxygen atoms in total. The maximum atomic E-state index is 6.35. The van der Waals surface area contributed by atoms with E-state index in [1.54, 1.807) is 0 Å². The molecule has 50 heavy (non-hydrogen) atoms. The topological polar surface area (TPSA) is 29.5 Å². The van der Waals surface area contributed by atoms with E-state index in [2.05, 4.69) is 144 Å². The summed E-state index contributed by atoms with van der Waals surface area (Å²) in [4.78, 5) is 2.29. The van der Waals surface area contributed by atoms with Gasteiger partial charge in [-0.3, -0.25) is 0 Å². The van der Waals surface area contributed by atoms with Gasteiger partial charge in [-0.05, 0) is 70.4 Å². The van der Waals surface area contributed by atoms with Crippen LogP contribution in [0.4, 0.5) is 17.1 Å². The van der Waals surface area contributed by atoms with Crippen molar-refractivity contribution in [1.82, 2.24) is 0 Å². The van der Waals surface area contributed by atoms with Gasteiger partial charge in [-0.1, -0.05) is 103 Å². The minimum Gasteiger partial charge on any atom is -0.456 e. The molecule has 0 aliphatic heterocycles. The molecule has 0 saturated carbocycles. The number of para-hydroxylation sites is 2. The Morgan fingerprint density at radius 1 is 0.360 bits per heavy atom. The van der Waals surface area contributed by atoms with Crippen molar-refractivity contribution in [2.45, 2.75) is 0 Å². The van der Waals surface area contributed by atoms with Gasteiger partial charge in [-0.25, -0.2) is 0 Å². The Bertz CT molecular complexity index is 2990. The molecule has 0 amide bonds. The monoisotopic (exact) mass is 657 g/mol. The molecule has 0 bridgehead atoms. The third kappa shape index (κ3) is 4.09. The SMILES string of the molecule is c1ccc2c(c1)ccc1c3cccc(-c4ccc(N(c5ccc6c(c5)oc5ccccc56)c5ccc6c(c5)oc5ccccc56)cc4)c3sc21. The Labute approximate surface area is 290 Å². The predicted octanol–water partition coefficient (Wildman–Crippen LogP) is 14.1. The zero-order valence-electron chi connectivity index (χ0n) is 26.8. The molecule has 234 valence electrons. The molecule has 3 aromatic heterocycles. The highest BCUT2D eigenvalue weighted by Gasteiger charge is 2.19. The molecule has 4 heteroatoms. The molecule has 0 N–H and O–H groups in total. The van der Waals surface area contributed by atoms with E-state index in [9.17, 15) is 0 Å². The van der Waals surface area contributed by atoms with Gasteiger partial charge >= 0.3 is 0 Å². The van der Waals surface area contributed by atoms with Crippen molar-refractivity contribution in [3.05, 3.63) is 164 Å². The Morgan fingerprint density at radius 2 is 0.880 bits per heavy atom. The fourth-order valence-corrected chi connectivity index (χ4v) is 9.07. The molecule has 3 heterocycles. The number of hydrogen-bond acceptors (Lipinski definition) is 4. The molecule has 0 saturated heterocycles. The van der Waals surface area contributed by atoms with Crippen molar-refractivity contribution < 1.29 is 8.83 Å². The Balaban J connectivity index is 1.07. The molecular formula is C46H27NO2S. The van der Waals surface area contributed by atoms with Crippen LogP contribution in [0.5, 0.6) is 0 Å². The average Bonchev–Trinajstić information content (AvgIpc) is 3.86. The van der Waals surface area contributed by atoms with E-state index in [0.29, 0.717) is 0 Å². The van der Waals surface area contributed by atoms with E-state index >= 15 is 0 Å². The fraction of sp³-hybridized carbons (Fsp3) is 0. The van der Waals surface area contributed by atoms with Gasteiger partial charge < -0.3 is 13.7 Å². The fourth-order valence-electron chi connectivity index (χ4n) is 7.70. The minimum atomic E-state index is 0.860. The van der Waals surface area contributed by atoms with Gasteiger partial charge in [0.25, 0.3) is 0 Å². The molecule has 0 aliphatic rings. The standard InChI is InChI=1S/C46H27NO2S/c1-2-9-33-28(8-1)18-23-40-39-13-7-12-34(45(39)50-46(33)40)29-16-19-30(20-17-29)47(31-21-24-37-35-10-3-5-14-41(35)48-43(37)26-31)32-22-25-38-36-11-4-6-15-42(36)49-44(38)27-32/h1-27H. The minimum absolute atomic E-state index is 0.860. The van der Waals surface area contributed by atoms with Crippen molar-refractivity contribution in [3.8, 4) is 11.1 Å². The molecule has 11 rings (SSSR count). The lowest BCUT2D eigenvalue weighted by Gasteiger charge is -2.25. The number of anilines is 3. The average molecular weight is 658 g/mol. The van der Waals surface area contributed by atoms with Crippen LogP contribution < -0.4 is 4.90 Å². The van der Waals surface area contributed by atoms with E-state index in [4.69, 9.17) is 8.83 Å². The Hall–Kier alpha value is -6.36. The summed E-state index contributed by atoms with van der Waals surface area (Å²) >= 11 is 1.89. The van der Waals surface area contributed by atoms with Gasteiger partial charge in [0.05, 0.1) is 0 Å². The summed E-state index contributed by atoms with van der Waals surface area (Å²) in [6.07, 6.45) is 0. The highest BCUT2D eigenvalue weighted by molar-refractivity contribution is 7.27. The second-order valence-electron chi connectivity index (χ2n) is 12.9. The number of hydrogen-bond donors (Lipinski definition) is 0. The van der Waals surface area contributed by atoms with E-state index in [-0.39, 0.29) is 0 Å². The lowest BCUT2D eigenvalue weighted by atomic mass is 10.0. The number of rotatable bonds is 4. The van der Waals surface area contributed by atoms with Crippen LogP contribution in [0.2, 0.25) is 0 Å². The quantitative estimate of drug-likeness (QED) is 0.189. The van der Waals surface area contributed by atoms with Crippen LogP contribution in [0.3, 0.4) is 0 Å².